The van der Waals surface area contributed by atoms with Gasteiger partial charge in [0.2, 0.25) is 10.0 Å². The van der Waals surface area contributed by atoms with Crippen LogP contribution in [0.2, 0.25) is 0 Å². The van der Waals surface area contributed by atoms with Crippen LogP contribution >= 0.6 is 11.6 Å². The SMILES string of the molecule is CS(=O)(=O)N[C@H]1CCCC[C@@H]1N1C(=O)c2ccccc2[C@@H](C(=O)NOCc2ccc3nccn3c2)C1C1C=CC(Cl)=C1. The minimum atomic E-state index is -3.54. The van der Waals surface area contributed by atoms with Gasteiger partial charge in [0.1, 0.15) is 12.3 Å². The van der Waals surface area contributed by atoms with Crippen LogP contribution in [-0.2, 0) is 26.3 Å². The van der Waals surface area contributed by atoms with E-state index in [-0.39, 0.29) is 18.4 Å². The number of imidazole rings is 1. The Kier molecular flexibility index (Phi) is 7.93. The maximum atomic E-state index is 14.2. The second kappa shape index (κ2) is 11.6. The zero-order chi connectivity index (χ0) is 29.4. The summed E-state index contributed by atoms with van der Waals surface area (Å²) in [6.45, 7) is 0.125. The molecule has 1 saturated carbocycles. The number of aromatic nitrogens is 2. The molecule has 220 valence electrons. The lowest BCUT2D eigenvalue weighted by Crippen LogP contribution is -2.63. The zero-order valence-electron chi connectivity index (χ0n) is 23.0. The van der Waals surface area contributed by atoms with Crippen molar-refractivity contribution in [3.63, 3.8) is 0 Å². The molecule has 2 amide bonds. The van der Waals surface area contributed by atoms with Gasteiger partial charge >= 0.3 is 0 Å². The highest BCUT2D eigenvalue weighted by molar-refractivity contribution is 7.88. The van der Waals surface area contributed by atoms with Crippen LogP contribution in [0.15, 0.2) is 78.2 Å². The third-order valence-electron chi connectivity index (χ3n) is 8.24. The van der Waals surface area contributed by atoms with E-state index < -0.39 is 40.0 Å². The van der Waals surface area contributed by atoms with E-state index in [0.29, 0.717) is 29.0 Å². The monoisotopic (exact) mass is 609 g/mol. The van der Waals surface area contributed by atoms with Gasteiger partial charge in [-0.05, 0) is 42.2 Å². The first-order valence-corrected chi connectivity index (χ1v) is 16.2. The van der Waals surface area contributed by atoms with Crippen LogP contribution in [0.4, 0.5) is 0 Å². The average molecular weight is 610 g/mol. The van der Waals surface area contributed by atoms with Crippen LogP contribution in [0.5, 0.6) is 0 Å². The standard InChI is InChI=1S/C30H32ClN5O5S/c1-42(39,40)34-24-8-4-5-9-25(24)36-28(20-11-12-21(31)16-20)27(22-6-2-3-7-23(22)30(36)38)29(37)33-41-18-19-10-13-26-32-14-15-35(26)17-19/h2-3,6-7,10-17,20,24-25,27-28,34H,4-5,8-9,18H2,1H3,(H,33,37)/t20?,24-,25-,27+,28?/m0/s1. The smallest absolute Gasteiger partial charge is 0.254 e. The number of nitrogens with one attached hydrogen (secondary N) is 2. The second-order valence-corrected chi connectivity index (χ2v) is 13.3. The van der Waals surface area contributed by atoms with Gasteiger partial charge in [-0.25, -0.2) is 23.6 Å². The number of hydroxylamine groups is 1. The van der Waals surface area contributed by atoms with Crippen LogP contribution in [0.1, 0.15) is 53.1 Å². The number of carbonyl (C=O) groups excluding carboxylic acids is 2. The van der Waals surface area contributed by atoms with Crippen molar-refractivity contribution in [3.8, 4) is 0 Å². The van der Waals surface area contributed by atoms with Gasteiger partial charge in [0.15, 0.2) is 0 Å². The number of amides is 2. The number of nitrogens with zero attached hydrogens (tertiary/aromatic N) is 3. The minimum Gasteiger partial charge on any atom is -0.329 e. The highest BCUT2D eigenvalue weighted by Crippen LogP contribution is 2.43. The second-order valence-electron chi connectivity index (χ2n) is 11.1. The molecular formula is C30H32ClN5O5S. The lowest BCUT2D eigenvalue weighted by Gasteiger charge is -2.50. The molecule has 1 aromatic carbocycles. The first-order chi connectivity index (χ1) is 20.2. The number of benzene rings is 1. The third-order valence-corrected chi connectivity index (χ3v) is 9.23. The summed E-state index contributed by atoms with van der Waals surface area (Å²) in [4.78, 5) is 40.0. The Morgan fingerprint density at radius 1 is 1.17 bits per heavy atom. The number of fused-ring (bicyclic) bond motifs is 2. The Morgan fingerprint density at radius 2 is 1.98 bits per heavy atom. The first kappa shape index (κ1) is 28.6. The van der Waals surface area contributed by atoms with Gasteiger partial charge in [0.25, 0.3) is 11.8 Å². The van der Waals surface area contributed by atoms with Gasteiger partial charge in [0.05, 0.1) is 18.2 Å². The summed E-state index contributed by atoms with van der Waals surface area (Å²) in [5, 5.41) is 0.519. The molecule has 3 heterocycles. The van der Waals surface area contributed by atoms with Gasteiger partial charge < -0.3 is 9.30 Å². The van der Waals surface area contributed by atoms with Crippen LogP contribution in [0.25, 0.3) is 5.65 Å². The number of sulfonamides is 1. The molecule has 6 rings (SSSR count). The molecule has 0 saturated heterocycles. The lowest BCUT2D eigenvalue weighted by atomic mass is 9.74. The Hall–Kier alpha value is -3.51. The summed E-state index contributed by atoms with van der Waals surface area (Å²) >= 11 is 6.37. The van der Waals surface area contributed by atoms with Gasteiger partial charge in [0, 0.05) is 47.2 Å². The molecule has 42 heavy (non-hydrogen) atoms. The Bertz CT molecular complexity index is 1690. The molecule has 2 N–H and O–H groups in total. The highest BCUT2D eigenvalue weighted by atomic mass is 35.5. The fourth-order valence-corrected chi connectivity index (χ4v) is 7.57. The summed E-state index contributed by atoms with van der Waals surface area (Å²) in [6.07, 6.45) is 14.9. The highest BCUT2D eigenvalue weighted by Gasteiger charge is 2.50. The van der Waals surface area contributed by atoms with Crippen LogP contribution in [-0.4, -0.2) is 58.9 Å². The quantitative estimate of drug-likeness (QED) is 0.376. The van der Waals surface area contributed by atoms with Gasteiger partial charge in [-0.1, -0.05) is 60.9 Å². The molecule has 1 fully saturated rings. The maximum absolute atomic E-state index is 14.2. The van der Waals surface area contributed by atoms with E-state index in [1.165, 1.54) is 0 Å². The predicted octanol–water partition coefficient (Wildman–Crippen LogP) is 3.66. The molecule has 2 aromatic heterocycles. The number of hydrogen-bond donors (Lipinski definition) is 2. The molecular weight excluding hydrogens is 578 g/mol. The molecule has 0 spiro atoms. The summed E-state index contributed by atoms with van der Waals surface area (Å²) in [5.74, 6) is -1.80. The fraction of sp³-hybridized carbons (Fsp3) is 0.367. The molecule has 0 radical (unpaired) electrons. The Morgan fingerprint density at radius 3 is 2.76 bits per heavy atom. The Balaban J connectivity index is 1.35. The normalized spacial score (nSPS) is 25.9. The number of allylic oxidation sites excluding steroid dienone is 2. The van der Waals surface area contributed by atoms with Crippen molar-refractivity contribution in [2.45, 2.75) is 56.3 Å². The zero-order valence-corrected chi connectivity index (χ0v) is 24.6. The van der Waals surface area contributed by atoms with Crippen molar-refractivity contribution in [1.29, 1.82) is 0 Å². The first-order valence-electron chi connectivity index (χ1n) is 14.0. The summed E-state index contributed by atoms with van der Waals surface area (Å²) in [7, 11) is -3.54. The van der Waals surface area contributed by atoms with E-state index in [0.717, 1.165) is 30.3 Å². The number of halogens is 1. The third kappa shape index (κ3) is 5.74. The van der Waals surface area contributed by atoms with Crippen molar-refractivity contribution in [1.82, 2.24) is 24.5 Å². The van der Waals surface area contributed by atoms with Crippen LogP contribution in [0, 0.1) is 5.92 Å². The molecule has 3 aromatic rings. The number of rotatable bonds is 8. The van der Waals surface area contributed by atoms with Crippen molar-refractivity contribution in [3.05, 3.63) is 94.9 Å². The number of pyridine rings is 1. The van der Waals surface area contributed by atoms with Crippen molar-refractivity contribution < 1.29 is 22.8 Å². The maximum Gasteiger partial charge on any atom is 0.254 e. The lowest BCUT2D eigenvalue weighted by molar-refractivity contribution is -0.138. The van der Waals surface area contributed by atoms with Gasteiger partial charge in [-0.2, -0.15) is 0 Å². The summed E-state index contributed by atoms with van der Waals surface area (Å²) in [6, 6.07) is 9.26. The topological polar surface area (TPSA) is 122 Å². The van der Waals surface area contributed by atoms with Crippen molar-refractivity contribution >= 4 is 39.1 Å². The molecule has 10 nitrogen and oxygen atoms in total. The van der Waals surface area contributed by atoms with Gasteiger partial charge in [-0.3, -0.25) is 14.4 Å². The van der Waals surface area contributed by atoms with E-state index in [2.05, 4.69) is 15.2 Å². The van der Waals surface area contributed by atoms with Crippen LogP contribution < -0.4 is 10.2 Å². The molecule has 5 atom stereocenters. The van der Waals surface area contributed by atoms with E-state index >= 15 is 0 Å². The summed E-state index contributed by atoms with van der Waals surface area (Å²) in [5.41, 5.74) is 5.30. The molecule has 1 aliphatic heterocycles. The van der Waals surface area contributed by atoms with Crippen molar-refractivity contribution in [2.24, 2.45) is 5.92 Å². The predicted molar refractivity (Wildman–Crippen MR) is 158 cm³/mol. The largest absolute Gasteiger partial charge is 0.329 e. The molecule has 2 aliphatic carbocycles. The molecule has 0 bridgehead atoms. The van der Waals surface area contributed by atoms with E-state index in [4.69, 9.17) is 16.4 Å². The molecule has 2 unspecified atom stereocenters. The van der Waals surface area contributed by atoms with E-state index in [1.54, 1.807) is 35.4 Å². The van der Waals surface area contributed by atoms with E-state index in [1.807, 2.05) is 47.1 Å². The number of carbonyl (C=O) groups is 2. The van der Waals surface area contributed by atoms with Crippen molar-refractivity contribution in [2.75, 3.05) is 6.26 Å². The van der Waals surface area contributed by atoms with Crippen LogP contribution in [0.3, 0.4) is 0 Å². The summed E-state index contributed by atoms with van der Waals surface area (Å²) < 4.78 is 29.3. The Labute approximate surface area is 249 Å². The number of hydrogen-bond acceptors (Lipinski definition) is 6. The van der Waals surface area contributed by atoms with Gasteiger partial charge in [-0.15, -0.1) is 0 Å². The minimum absolute atomic E-state index is 0.125. The average Bonchev–Trinajstić information content (AvgIpc) is 3.61. The van der Waals surface area contributed by atoms with E-state index in [9.17, 15) is 18.0 Å². The molecule has 12 heteroatoms. The molecule has 3 aliphatic rings. The fourth-order valence-electron chi connectivity index (χ4n) is 6.53.